The number of amides is 1. The van der Waals surface area contributed by atoms with Gasteiger partial charge in [0, 0.05) is 25.6 Å². The third-order valence-corrected chi connectivity index (χ3v) is 2.86. The van der Waals surface area contributed by atoms with Gasteiger partial charge in [0.1, 0.15) is 0 Å². The summed E-state index contributed by atoms with van der Waals surface area (Å²) in [6.45, 7) is 9.94. The van der Waals surface area contributed by atoms with Gasteiger partial charge >= 0.3 is 0 Å². The van der Waals surface area contributed by atoms with Crippen LogP contribution < -0.4 is 5.32 Å². The first kappa shape index (κ1) is 11.5. The van der Waals surface area contributed by atoms with Crippen LogP contribution in [0.4, 0.5) is 0 Å². The van der Waals surface area contributed by atoms with Crippen LogP contribution in [-0.2, 0) is 4.79 Å². The van der Waals surface area contributed by atoms with Crippen LogP contribution in [-0.4, -0.2) is 37.0 Å². The fraction of sp³-hybridized carbons (Fsp3) is 0.909. The summed E-state index contributed by atoms with van der Waals surface area (Å²) in [5.41, 5.74) is 0. The smallest absolute Gasteiger partial charge is 0.226 e. The topological polar surface area (TPSA) is 32.3 Å². The van der Waals surface area contributed by atoms with Crippen LogP contribution in [0.15, 0.2) is 0 Å². The Labute approximate surface area is 86.9 Å². The molecule has 0 spiro atoms. The van der Waals surface area contributed by atoms with Gasteiger partial charge in [0.05, 0.1) is 0 Å². The largest absolute Gasteiger partial charge is 0.342 e. The average molecular weight is 198 g/mol. The molecule has 0 aromatic carbocycles. The summed E-state index contributed by atoms with van der Waals surface area (Å²) in [6, 6.07) is 0. The maximum atomic E-state index is 11.9. The van der Waals surface area contributed by atoms with Gasteiger partial charge in [0.2, 0.25) is 5.91 Å². The summed E-state index contributed by atoms with van der Waals surface area (Å²) in [4.78, 5) is 13.9. The number of carbonyl (C=O) groups excluding carboxylic acids is 1. The predicted octanol–water partition coefficient (Wildman–Crippen LogP) is 1.10. The molecule has 0 aromatic heterocycles. The van der Waals surface area contributed by atoms with E-state index in [-0.39, 0.29) is 5.92 Å². The molecule has 1 fully saturated rings. The van der Waals surface area contributed by atoms with E-state index >= 15 is 0 Å². The van der Waals surface area contributed by atoms with E-state index in [4.69, 9.17) is 0 Å². The van der Waals surface area contributed by atoms with Crippen molar-refractivity contribution in [3.63, 3.8) is 0 Å². The van der Waals surface area contributed by atoms with Crippen molar-refractivity contribution < 1.29 is 4.79 Å². The Kier molecular flexibility index (Phi) is 4.39. The lowest BCUT2D eigenvalue weighted by molar-refractivity contribution is -0.133. The van der Waals surface area contributed by atoms with Crippen LogP contribution in [0.25, 0.3) is 0 Å². The quantitative estimate of drug-likeness (QED) is 0.733. The van der Waals surface area contributed by atoms with Gasteiger partial charge in [-0.3, -0.25) is 4.79 Å². The summed E-state index contributed by atoms with van der Waals surface area (Å²) in [5.74, 6) is 1.13. The first-order valence-corrected chi connectivity index (χ1v) is 5.64. The molecule has 1 aliphatic rings. The van der Waals surface area contributed by atoms with E-state index in [1.807, 2.05) is 11.8 Å². The Morgan fingerprint density at radius 1 is 1.64 bits per heavy atom. The van der Waals surface area contributed by atoms with Gasteiger partial charge in [-0.1, -0.05) is 20.8 Å². The highest BCUT2D eigenvalue weighted by molar-refractivity contribution is 5.79. The van der Waals surface area contributed by atoms with Gasteiger partial charge in [-0.25, -0.2) is 0 Å². The lowest BCUT2D eigenvalue weighted by atomic mass is 10.1. The van der Waals surface area contributed by atoms with Crippen LogP contribution in [0.2, 0.25) is 0 Å². The van der Waals surface area contributed by atoms with Crippen molar-refractivity contribution in [1.82, 2.24) is 10.2 Å². The zero-order valence-electron chi connectivity index (χ0n) is 9.55. The van der Waals surface area contributed by atoms with Gasteiger partial charge in [-0.15, -0.1) is 0 Å². The molecule has 2 unspecified atom stereocenters. The van der Waals surface area contributed by atoms with Crippen molar-refractivity contribution in [3.8, 4) is 0 Å². The molecule has 14 heavy (non-hydrogen) atoms. The molecule has 0 bridgehead atoms. The molecule has 1 N–H and O–H groups in total. The molecule has 0 aliphatic carbocycles. The molecule has 82 valence electrons. The number of nitrogens with one attached hydrogen (secondary N) is 1. The summed E-state index contributed by atoms with van der Waals surface area (Å²) in [5, 5.41) is 3.22. The number of hydrogen-bond acceptors (Lipinski definition) is 2. The highest BCUT2D eigenvalue weighted by Crippen LogP contribution is 2.17. The Morgan fingerprint density at radius 3 is 2.86 bits per heavy atom. The molecule has 2 atom stereocenters. The van der Waals surface area contributed by atoms with Gasteiger partial charge in [-0.05, 0) is 18.9 Å². The Hall–Kier alpha value is -0.570. The van der Waals surface area contributed by atoms with Gasteiger partial charge in [0.15, 0.2) is 0 Å². The number of rotatable bonds is 4. The molecule has 1 rings (SSSR count). The molecular formula is C11H22N2O. The number of carbonyl (C=O) groups is 1. The van der Waals surface area contributed by atoms with E-state index in [9.17, 15) is 4.79 Å². The first-order chi connectivity index (χ1) is 6.65. The Balaban J connectivity index is 2.32. The molecule has 1 aliphatic heterocycles. The third kappa shape index (κ3) is 2.98. The second kappa shape index (κ2) is 5.35. The highest BCUT2D eigenvalue weighted by Gasteiger charge is 2.26. The summed E-state index contributed by atoms with van der Waals surface area (Å²) >= 11 is 0. The SMILES string of the molecule is CCNCC(C)C(=O)N1CCC(C)C1. The van der Waals surface area contributed by atoms with Crippen molar-refractivity contribution in [2.45, 2.75) is 27.2 Å². The van der Waals surface area contributed by atoms with E-state index in [2.05, 4.69) is 19.2 Å². The fourth-order valence-electron chi connectivity index (χ4n) is 1.90. The number of hydrogen-bond donors (Lipinski definition) is 1. The van der Waals surface area contributed by atoms with Crippen molar-refractivity contribution in [3.05, 3.63) is 0 Å². The molecule has 0 saturated carbocycles. The standard InChI is InChI=1S/C11H22N2O/c1-4-12-7-10(3)11(14)13-6-5-9(2)8-13/h9-10,12H,4-8H2,1-3H3. The lowest BCUT2D eigenvalue weighted by Crippen LogP contribution is -2.37. The maximum Gasteiger partial charge on any atom is 0.226 e. The van der Waals surface area contributed by atoms with E-state index in [0.717, 1.165) is 26.2 Å². The second-order valence-electron chi connectivity index (χ2n) is 4.39. The van der Waals surface area contributed by atoms with Crippen LogP contribution in [0.3, 0.4) is 0 Å². The molecular weight excluding hydrogens is 176 g/mol. The molecule has 0 aromatic rings. The van der Waals surface area contributed by atoms with Crippen molar-refractivity contribution in [2.75, 3.05) is 26.2 Å². The van der Waals surface area contributed by atoms with E-state index in [1.165, 1.54) is 6.42 Å². The molecule has 1 saturated heterocycles. The second-order valence-corrected chi connectivity index (χ2v) is 4.39. The minimum atomic E-state index is 0.125. The normalized spacial score (nSPS) is 23.9. The maximum absolute atomic E-state index is 11.9. The van der Waals surface area contributed by atoms with E-state index in [1.54, 1.807) is 0 Å². The molecule has 1 heterocycles. The van der Waals surface area contributed by atoms with E-state index in [0.29, 0.717) is 11.8 Å². The van der Waals surface area contributed by atoms with Crippen LogP contribution in [0.1, 0.15) is 27.2 Å². The van der Waals surface area contributed by atoms with Crippen LogP contribution in [0.5, 0.6) is 0 Å². The molecule has 3 nitrogen and oxygen atoms in total. The summed E-state index contributed by atoms with van der Waals surface area (Å²) in [7, 11) is 0. The predicted molar refractivity (Wildman–Crippen MR) is 58.1 cm³/mol. The number of likely N-dealkylation sites (tertiary alicyclic amines) is 1. The van der Waals surface area contributed by atoms with Crippen LogP contribution in [0, 0.1) is 11.8 Å². The van der Waals surface area contributed by atoms with Gasteiger partial charge in [-0.2, -0.15) is 0 Å². The first-order valence-electron chi connectivity index (χ1n) is 5.64. The molecule has 0 radical (unpaired) electrons. The molecule has 1 amide bonds. The van der Waals surface area contributed by atoms with Gasteiger partial charge < -0.3 is 10.2 Å². The zero-order chi connectivity index (χ0) is 10.6. The zero-order valence-corrected chi connectivity index (χ0v) is 9.55. The van der Waals surface area contributed by atoms with Crippen molar-refractivity contribution in [2.24, 2.45) is 11.8 Å². The van der Waals surface area contributed by atoms with Crippen molar-refractivity contribution >= 4 is 5.91 Å². The monoisotopic (exact) mass is 198 g/mol. The minimum Gasteiger partial charge on any atom is -0.342 e. The van der Waals surface area contributed by atoms with Crippen molar-refractivity contribution in [1.29, 1.82) is 0 Å². The lowest BCUT2D eigenvalue weighted by Gasteiger charge is -2.20. The minimum absolute atomic E-state index is 0.125. The average Bonchev–Trinajstić information content (AvgIpc) is 2.60. The Bertz CT molecular complexity index is 194. The van der Waals surface area contributed by atoms with E-state index < -0.39 is 0 Å². The fourth-order valence-corrected chi connectivity index (χ4v) is 1.90. The van der Waals surface area contributed by atoms with Gasteiger partial charge in [0.25, 0.3) is 0 Å². The van der Waals surface area contributed by atoms with Crippen LogP contribution >= 0.6 is 0 Å². The summed E-state index contributed by atoms with van der Waals surface area (Å²) in [6.07, 6.45) is 1.17. The third-order valence-electron chi connectivity index (χ3n) is 2.86. The highest BCUT2D eigenvalue weighted by atomic mass is 16.2. The molecule has 3 heteroatoms. The Morgan fingerprint density at radius 2 is 2.36 bits per heavy atom. The summed E-state index contributed by atoms with van der Waals surface area (Å²) < 4.78 is 0. The number of nitrogens with zero attached hydrogens (tertiary/aromatic N) is 1.